The summed E-state index contributed by atoms with van der Waals surface area (Å²) < 4.78 is 13.0. The number of ketones is 1. The second-order valence-corrected chi connectivity index (χ2v) is 8.95. The lowest BCUT2D eigenvalue weighted by molar-refractivity contribution is -0.113. The molecule has 4 rings (SSSR count). The highest BCUT2D eigenvalue weighted by atomic mass is 32.2. The zero-order chi connectivity index (χ0) is 25.5. The third-order valence-corrected chi connectivity index (χ3v) is 6.26. The van der Waals surface area contributed by atoms with Gasteiger partial charge in [-0.25, -0.2) is 0 Å². The summed E-state index contributed by atoms with van der Waals surface area (Å²) in [5.74, 6) is 1.96. The molecule has 3 aromatic carbocycles. The molecule has 0 saturated carbocycles. The highest BCUT2D eigenvalue weighted by Gasteiger charge is 2.17. The van der Waals surface area contributed by atoms with Gasteiger partial charge in [0.05, 0.1) is 12.9 Å². The van der Waals surface area contributed by atoms with Crippen molar-refractivity contribution >= 4 is 29.1 Å². The molecule has 0 spiro atoms. The van der Waals surface area contributed by atoms with Crippen LogP contribution in [0.3, 0.4) is 0 Å². The van der Waals surface area contributed by atoms with E-state index >= 15 is 0 Å². The lowest BCUT2D eigenvalue weighted by Gasteiger charge is -2.12. The lowest BCUT2D eigenvalue weighted by Crippen LogP contribution is -2.15. The van der Waals surface area contributed by atoms with Gasteiger partial charge in [0.2, 0.25) is 5.91 Å². The Labute approximate surface area is 213 Å². The second-order valence-electron chi connectivity index (χ2n) is 8.00. The van der Waals surface area contributed by atoms with Crippen LogP contribution in [0.15, 0.2) is 78.0 Å². The van der Waals surface area contributed by atoms with Crippen LogP contribution in [0, 0.1) is 6.92 Å². The minimum atomic E-state index is -0.190. The normalized spacial score (nSPS) is 10.6. The summed E-state index contributed by atoms with van der Waals surface area (Å²) >= 11 is 1.28. The van der Waals surface area contributed by atoms with Gasteiger partial charge in [0.25, 0.3) is 0 Å². The molecule has 0 bridgehead atoms. The third kappa shape index (κ3) is 6.31. The molecule has 1 heterocycles. The molecule has 1 amide bonds. The largest absolute Gasteiger partial charge is 0.497 e. The number of amides is 1. The van der Waals surface area contributed by atoms with Gasteiger partial charge in [-0.05, 0) is 74.5 Å². The smallest absolute Gasteiger partial charge is 0.234 e. The minimum Gasteiger partial charge on any atom is -0.497 e. The number of hydrogen-bond donors (Lipinski definition) is 1. The highest BCUT2D eigenvalue weighted by molar-refractivity contribution is 7.99. The summed E-state index contributed by atoms with van der Waals surface area (Å²) in [6.45, 7) is 3.72. The van der Waals surface area contributed by atoms with E-state index in [0.717, 1.165) is 17.0 Å². The Kier molecular flexibility index (Phi) is 8.02. The van der Waals surface area contributed by atoms with E-state index in [4.69, 9.17) is 9.47 Å². The van der Waals surface area contributed by atoms with Crippen molar-refractivity contribution in [3.8, 4) is 17.2 Å². The van der Waals surface area contributed by atoms with E-state index in [9.17, 15) is 9.59 Å². The number of Topliss-reactive ketones (excluding diaryl/α,β-unsaturated/α-hetero) is 1. The van der Waals surface area contributed by atoms with E-state index in [1.165, 1.54) is 18.7 Å². The maximum atomic E-state index is 12.6. The van der Waals surface area contributed by atoms with Gasteiger partial charge in [-0.2, -0.15) is 0 Å². The van der Waals surface area contributed by atoms with Crippen LogP contribution in [0.4, 0.5) is 5.69 Å². The van der Waals surface area contributed by atoms with Gasteiger partial charge < -0.3 is 14.8 Å². The van der Waals surface area contributed by atoms with E-state index in [1.807, 2.05) is 60.0 Å². The van der Waals surface area contributed by atoms with Crippen LogP contribution >= 0.6 is 11.8 Å². The summed E-state index contributed by atoms with van der Waals surface area (Å²) in [5.41, 5.74) is 3.23. The quantitative estimate of drug-likeness (QED) is 0.238. The first-order valence-corrected chi connectivity index (χ1v) is 12.2. The molecule has 36 heavy (non-hydrogen) atoms. The van der Waals surface area contributed by atoms with Crippen LogP contribution in [-0.4, -0.2) is 39.3 Å². The molecule has 4 aromatic rings. The summed E-state index contributed by atoms with van der Waals surface area (Å²) in [7, 11) is 1.61. The van der Waals surface area contributed by atoms with Gasteiger partial charge in [-0.1, -0.05) is 29.5 Å². The molecule has 9 heteroatoms. The van der Waals surface area contributed by atoms with Crippen molar-refractivity contribution in [3.05, 3.63) is 89.7 Å². The number of thioether (sulfide) groups is 1. The zero-order valence-electron chi connectivity index (χ0n) is 20.2. The first-order valence-electron chi connectivity index (χ1n) is 11.2. The summed E-state index contributed by atoms with van der Waals surface area (Å²) in [6.07, 6.45) is 0. The fourth-order valence-electron chi connectivity index (χ4n) is 3.38. The van der Waals surface area contributed by atoms with E-state index < -0.39 is 0 Å². The van der Waals surface area contributed by atoms with Crippen molar-refractivity contribution in [2.45, 2.75) is 25.6 Å². The number of aryl methyl sites for hydroxylation is 1. The Morgan fingerprint density at radius 1 is 0.917 bits per heavy atom. The molecule has 1 N–H and O–H groups in total. The number of hydrogen-bond acceptors (Lipinski definition) is 7. The van der Waals surface area contributed by atoms with Crippen LogP contribution in [0.5, 0.6) is 11.5 Å². The molecule has 0 atom stereocenters. The topological polar surface area (TPSA) is 95.3 Å². The monoisotopic (exact) mass is 502 g/mol. The maximum absolute atomic E-state index is 12.6. The predicted octanol–water partition coefficient (Wildman–Crippen LogP) is 5.10. The standard InChI is InChI=1S/C27H26N4O4S/c1-18-4-10-22(11-5-18)31-25(16-35-24-14-12-23(34-3)13-15-24)29-30-27(31)36-17-26(33)28-21-8-6-20(7-9-21)19(2)32/h4-15H,16-17H2,1-3H3,(H,28,33). The Bertz CT molecular complexity index is 1330. The lowest BCUT2D eigenvalue weighted by atomic mass is 10.1. The fraction of sp³-hybridized carbons (Fsp3) is 0.185. The average Bonchev–Trinajstić information content (AvgIpc) is 3.30. The molecular formula is C27H26N4O4S. The minimum absolute atomic E-state index is 0.0225. The van der Waals surface area contributed by atoms with Crippen LogP contribution < -0.4 is 14.8 Å². The number of benzene rings is 3. The van der Waals surface area contributed by atoms with Crippen molar-refractivity contribution in [3.63, 3.8) is 0 Å². The van der Waals surface area contributed by atoms with Crippen molar-refractivity contribution in [2.75, 3.05) is 18.2 Å². The van der Waals surface area contributed by atoms with Crippen molar-refractivity contribution in [1.82, 2.24) is 14.8 Å². The third-order valence-electron chi connectivity index (χ3n) is 5.33. The number of ether oxygens (including phenoxy) is 2. The molecule has 0 aliphatic carbocycles. The van der Waals surface area contributed by atoms with Gasteiger partial charge in [0.1, 0.15) is 18.1 Å². The second kappa shape index (κ2) is 11.5. The molecule has 8 nitrogen and oxygen atoms in total. The van der Waals surface area contributed by atoms with Crippen LogP contribution in [0.25, 0.3) is 5.69 Å². The average molecular weight is 503 g/mol. The number of aromatic nitrogens is 3. The number of anilines is 1. The number of carbonyl (C=O) groups is 2. The van der Waals surface area contributed by atoms with Crippen molar-refractivity contribution in [2.24, 2.45) is 0 Å². The molecule has 184 valence electrons. The molecule has 0 aliphatic rings. The van der Waals surface area contributed by atoms with E-state index in [0.29, 0.717) is 28.0 Å². The van der Waals surface area contributed by atoms with Gasteiger partial charge in [-0.3, -0.25) is 14.2 Å². The van der Waals surface area contributed by atoms with Gasteiger partial charge in [-0.15, -0.1) is 10.2 Å². The first-order chi connectivity index (χ1) is 17.4. The summed E-state index contributed by atoms with van der Waals surface area (Å²) in [6, 6.07) is 22.1. The molecule has 0 unspecified atom stereocenters. The number of nitrogens with one attached hydrogen (secondary N) is 1. The van der Waals surface area contributed by atoms with Crippen LogP contribution in [0.1, 0.15) is 28.7 Å². The SMILES string of the molecule is COc1ccc(OCc2nnc(SCC(=O)Nc3ccc(C(C)=O)cc3)n2-c2ccc(C)cc2)cc1. The van der Waals surface area contributed by atoms with E-state index in [2.05, 4.69) is 15.5 Å². The molecular weight excluding hydrogens is 476 g/mol. The zero-order valence-corrected chi connectivity index (χ0v) is 21.0. The summed E-state index contributed by atoms with van der Waals surface area (Å²) in [5, 5.41) is 12.1. The number of carbonyl (C=O) groups excluding carboxylic acids is 2. The number of rotatable bonds is 10. The predicted molar refractivity (Wildman–Crippen MR) is 139 cm³/mol. The molecule has 0 aliphatic heterocycles. The molecule has 1 aromatic heterocycles. The summed E-state index contributed by atoms with van der Waals surface area (Å²) in [4.78, 5) is 24.0. The number of methoxy groups -OCH3 is 1. The Morgan fingerprint density at radius 3 is 2.22 bits per heavy atom. The van der Waals surface area contributed by atoms with Crippen molar-refractivity contribution in [1.29, 1.82) is 0 Å². The Balaban J connectivity index is 1.47. The number of nitrogens with zero attached hydrogens (tertiary/aromatic N) is 3. The van der Waals surface area contributed by atoms with E-state index in [-0.39, 0.29) is 24.1 Å². The Morgan fingerprint density at radius 2 is 1.58 bits per heavy atom. The van der Waals surface area contributed by atoms with Crippen LogP contribution in [0.2, 0.25) is 0 Å². The fourth-order valence-corrected chi connectivity index (χ4v) is 4.15. The maximum Gasteiger partial charge on any atom is 0.234 e. The first kappa shape index (κ1) is 25.0. The van der Waals surface area contributed by atoms with Crippen molar-refractivity contribution < 1.29 is 19.1 Å². The molecule has 0 fully saturated rings. The molecule has 0 radical (unpaired) electrons. The van der Waals surface area contributed by atoms with E-state index in [1.54, 1.807) is 31.4 Å². The van der Waals surface area contributed by atoms with Gasteiger partial charge in [0.15, 0.2) is 16.8 Å². The molecule has 0 saturated heterocycles. The highest BCUT2D eigenvalue weighted by Crippen LogP contribution is 2.24. The Hall–Kier alpha value is -4.11. The van der Waals surface area contributed by atoms with Crippen LogP contribution in [-0.2, 0) is 11.4 Å². The van der Waals surface area contributed by atoms with Gasteiger partial charge in [0, 0.05) is 16.9 Å². The van der Waals surface area contributed by atoms with Gasteiger partial charge >= 0.3 is 0 Å².